The van der Waals surface area contributed by atoms with Gasteiger partial charge in [0.25, 0.3) is 0 Å². The third kappa shape index (κ3) is 17.9. The monoisotopic (exact) mass is 997 g/mol. The SMILES string of the molecule is CCCCCCOC(=O)c1cc2c3cc(C(=O)OCCCCCC)c(C(=O)OCCCCCC)cc3c3cc(C(=O)OCCCCCC)c(C(=O)OCCCCCC)cc3c2cc1C(=O)OCCCCCC. The van der Waals surface area contributed by atoms with Crippen LogP contribution in [0.3, 0.4) is 0 Å². The van der Waals surface area contributed by atoms with E-state index >= 15 is 0 Å². The van der Waals surface area contributed by atoms with Gasteiger partial charge in [0.15, 0.2) is 0 Å². The van der Waals surface area contributed by atoms with Crippen molar-refractivity contribution in [1.82, 2.24) is 0 Å². The Kier molecular flexibility index (Phi) is 27.3. The van der Waals surface area contributed by atoms with Crippen LogP contribution in [0.15, 0.2) is 36.4 Å². The van der Waals surface area contributed by atoms with Crippen LogP contribution in [0.4, 0.5) is 0 Å². The Morgan fingerprint density at radius 3 is 0.500 bits per heavy atom. The number of hydrogen-bond donors (Lipinski definition) is 0. The number of unbranched alkanes of at least 4 members (excludes halogenated alkanes) is 18. The number of hydrogen-bond acceptors (Lipinski definition) is 12. The zero-order valence-corrected chi connectivity index (χ0v) is 44.6. The Hall–Kier alpha value is -5.52. The van der Waals surface area contributed by atoms with Gasteiger partial charge in [0.05, 0.1) is 73.0 Å². The van der Waals surface area contributed by atoms with E-state index in [0.29, 0.717) is 70.8 Å². The molecule has 0 heterocycles. The fourth-order valence-electron chi connectivity index (χ4n) is 8.78. The molecule has 4 rings (SSSR count). The Morgan fingerprint density at radius 1 is 0.236 bits per heavy atom. The zero-order valence-electron chi connectivity index (χ0n) is 44.6. The summed E-state index contributed by atoms with van der Waals surface area (Å²) in [4.78, 5) is 85.4. The van der Waals surface area contributed by atoms with E-state index < -0.39 is 35.8 Å². The summed E-state index contributed by atoms with van der Waals surface area (Å²) in [5.41, 5.74) is -0.234. The van der Waals surface area contributed by atoms with Gasteiger partial charge in [0, 0.05) is 0 Å². The molecule has 0 unspecified atom stereocenters. The molecular weight excluding hydrogens is 913 g/mol. The molecule has 0 atom stereocenters. The molecule has 0 spiro atoms. The maximum Gasteiger partial charge on any atom is 0.339 e. The van der Waals surface area contributed by atoms with Gasteiger partial charge >= 0.3 is 35.8 Å². The molecule has 0 saturated carbocycles. The van der Waals surface area contributed by atoms with Crippen molar-refractivity contribution in [1.29, 1.82) is 0 Å². The van der Waals surface area contributed by atoms with E-state index in [1.807, 2.05) is 0 Å². The lowest BCUT2D eigenvalue weighted by atomic mass is 9.87. The Balaban J connectivity index is 2.12. The third-order valence-electron chi connectivity index (χ3n) is 13.0. The number of rotatable bonds is 36. The highest BCUT2D eigenvalue weighted by Crippen LogP contribution is 2.40. The number of carbonyl (C=O) groups excluding carboxylic acids is 6. The van der Waals surface area contributed by atoms with Crippen LogP contribution >= 0.6 is 0 Å². The van der Waals surface area contributed by atoms with E-state index in [9.17, 15) is 28.8 Å². The summed E-state index contributed by atoms with van der Waals surface area (Å²) in [7, 11) is 0. The number of fused-ring (bicyclic) bond motifs is 6. The van der Waals surface area contributed by atoms with Gasteiger partial charge in [0.2, 0.25) is 0 Å². The van der Waals surface area contributed by atoms with Crippen LogP contribution in [0.2, 0.25) is 0 Å². The predicted octanol–water partition coefficient (Wildman–Crippen LogP) is 15.6. The minimum absolute atomic E-state index is 0.0391. The molecule has 0 saturated heterocycles. The summed E-state index contributed by atoms with van der Waals surface area (Å²) in [6.07, 6.45) is 20.9. The van der Waals surface area contributed by atoms with E-state index in [1.165, 1.54) is 0 Å². The molecule has 0 aromatic heterocycles. The number of carbonyl (C=O) groups is 6. The normalized spacial score (nSPS) is 11.2. The van der Waals surface area contributed by atoms with E-state index in [4.69, 9.17) is 28.4 Å². The maximum atomic E-state index is 14.2. The topological polar surface area (TPSA) is 158 Å². The highest BCUT2D eigenvalue weighted by Gasteiger charge is 2.29. The fraction of sp³-hybridized carbons (Fsp3) is 0.600. The zero-order chi connectivity index (χ0) is 52.1. The van der Waals surface area contributed by atoms with Crippen molar-refractivity contribution in [2.75, 3.05) is 39.6 Å². The Morgan fingerprint density at radius 2 is 0.375 bits per heavy atom. The number of ether oxygens (including phenoxy) is 6. The van der Waals surface area contributed by atoms with Crippen molar-refractivity contribution >= 4 is 68.1 Å². The van der Waals surface area contributed by atoms with Gasteiger partial charge in [-0.3, -0.25) is 0 Å². The van der Waals surface area contributed by atoms with Gasteiger partial charge in [-0.05, 0) is 107 Å². The molecule has 12 nitrogen and oxygen atoms in total. The fourth-order valence-corrected chi connectivity index (χ4v) is 8.78. The summed E-state index contributed by atoms with van der Waals surface area (Å²) in [5, 5.41) is 2.48. The van der Waals surface area contributed by atoms with Gasteiger partial charge in [-0.15, -0.1) is 0 Å². The molecular formula is C60H84O12. The lowest BCUT2D eigenvalue weighted by Gasteiger charge is -2.19. The highest BCUT2D eigenvalue weighted by molar-refractivity contribution is 6.30. The highest BCUT2D eigenvalue weighted by atomic mass is 16.6. The molecule has 0 aliphatic rings. The van der Waals surface area contributed by atoms with Gasteiger partial charge in [-0.25, -0.2) is 28.8 Å². The van der Waals surface area contributed by atoms with Gasteiger partial charge in [-0.2, -0.15) is 0 Å². The molecule has 72 heavy (non-hydrogen) atoms. The van der Waals surface area contributed by atoms with Gasteiger partial charge in [0.1, 0.15) is 0 Å². The molecule has 0 bridgehead atoms. The summed E-state index contributed by atoms with van der Waals surface area (Å²) < 4.78 is 35.0. The summed E-state index contributed by atoms with van der Waals surface area (Å²) in [6, 6.07) is 9.39. The second-order valence-corrected chi connectivity index (χ2v) is 19.0. The number of esters is 6. The van der Waals surface area contributed by atoms with E-state index in [0.717, 1.165) is 116 Å². The first kappa shape index (κ1) is 59.0. The van der Waals surface area contributed by atoms with Crippen molar-refractivity contribution < 1.29 is 57.2 Å². The van der Waals surface area contributed by atoms with Crippen molar-refractivity contribution in [2.24, 2.45) is 0 Å². The average molecular weight is 997 g/mol. The molecule has 0 aliphatic heterocycles. The maximum absolute atomic E-state index is 14.2. The van der Waals surface area contributed by atoms with Crippen molar-refractivity contribution in [3.63, 3.8) is 0 Å². The molecule has 4 aromatic carbocycles. The molecule has 4 aromatic rings. The quantitative estimate of drug-likeness (QED) is 0.0184. The van der Waals surface area contributed by atoms with Crippen LogP contribution in [0, 0.1) is 0 Å². The second-order valence-electron chi connectivity index (χ2n) is 19.0. The van der Waals surface area contributed by atoms with Gasteiger partial charge < -0.3 is 28.4 Å². The van der Waals surface area contributed by atoms with E-state index in [1.54, 1.807) is 36.4 Å². The first-order valence-corrected chi connectivity index (χ1v) is 27.6. The summed E-state index contributed by atoms with van der Waals surface area (Å²) in [6.45, 7) is 13.4. The molecule has 0 N–H and O–H groups in total. The van der Waals surface area contributed by atoms with E-state index in [-0.39, 0.29) is 73.0 Å². The van der Waals surface area contributed by atoms with Crippen LogP contribution < -0.4 is 0 Å². The average Bonchev–Trinajstić information content (AvgIpc) is 3.39. The largest absolute Gasteiger partial charge is 0.462 e. The predicted molar refractivity (Wildman–Crippen MR) is 286 cm³/mol. The number of benzene rings is 4. The summed E-state index contributed by atoms with van der Waals surface area (Å²) in [5.74, 6) is -4.34. The Labute approximate surface area is 428 Å². The molecule has 0 radical (unpaired) electrons. The summed E-state index contributed by atoms with van der Waals surface area (Å²) >= 11 is 0. The molecule has 0 amide bonds. The van der Waals surface area contributed by atoms with Crippen LogP contribution in [0.1, 0.15) is 258 Å². The Bertz CT molecular complexity index is 1930. The molecule has 0 fully saturated rings. The minimum Gasteiger partial charge on any atom is -0.462 e. The first-order chi connectivity index (χ1) is 35.1. The standard InChI is InChI=1S/C60H84O12/c1-7-13-19-25-31-67-55(61)49-37-43-44(38-50(49)56(62)68-32-26-20-14-8-2)46-40-52(58(64)70-34-28-22-16-10-4)54(60(66)72-36-30-24-18-12-6)42-48(46)47-41-53(59(65)71-35-29-23-17-11-5)51(39-45(43)47)57(63)69-33-27-21-15-9-3/h37-42H,7-36H2,1-6H3. The smallest absolute Gasteiger partial charge is 0.339 e. The van der Waals surface area contributed by atoms with Crippen molar-refractivity contribution in [3.05, 3.63) is 69.8 Å². The van der Waals surface area contributed by atoms with Crippen LogP contribution in [-0.4, -0.2) is 75.5 Å². The van der Waals surface area contributed by atoms with Crippen LogP contribution in [-0.2, 0) is 28.4 Å². The van der Waals surface area contributed by atoms with E-state index in [2.05, 4.69) is 41.5 Å². The van der Waals surface area contributed by atoms with Crippen LogP contribution in [0.5, 0.6) is 0 Å². The lowest BCUT2D eigenvalue weighted by Crippen LogP contribution is -2.17. The van der Waals surface area contributed by atoms with Crippen LogP contribution in [0.25, 0.3) is 32.3 Å². The molecule has 0 aliphatic carbocycles. The molecule has 396 valence electrons. The lowest BCUT2D eigenvalue weighted by molar-refractivity contribution is 0.0450. The van der Waals surface area contributed by atoms with Crippen molar-refractivity contribution in [2.45, 2.75) is 196 Å². The third-order valence-corrected chi connectivity index (χ3v) is 13.0. The van der Waals surface area contributed by atoms with Gasteiger partial charge in [-0.1, -0.05) is 157 Å². The minimum atomic E-state index is -0.723. The molecule has 12 heteroatoms. The van der Waals surface area contributed by atoms with Crippen molar-refractivity contribution in [3.8, 4) is 0 Å². The second kappa shape index (κ2) is 33.3. The first-order valence-electron chi connectivity index (χ1n) is 27.6.